The number of hydrogen-bond acceptors (Lipinski definition) is 5. The first-order chi connectivity index (χ1) is 8.65. The molecule has 2 aromatic rings. The summed E-state index contributed by atoms with van der Waals surface area (Å²) >= 11 is 1.12. The summed E-state index contributed by atoms with van der Waals surface area (Å²) in [6, 6.07) is 5.26. The van der Waals surface area contributed by atoms with Crippen molar-refractivity contribution < 1.29 is 9.90 Å². The molecule has 0 unspecified atom stereocenters. The first kappa shape index (κ1) is 12.2. The molecule has 6 heteroatoms. The van der Waals surface area contributed by atoms with Crippen molar-refractivity contribution in [2.45, 2.75) is 13.3 Å². The van der Waals surface area contributed by atoms with Gasteiger partial charge >= 0.3 is 5.97 Å². The van der Waals surface area contributed by atoms with Crippen molar-refractivity contribution >= 4 is 17.3 Å². The number of carbonyl (C=O) groups is 1. The second kappa shape index (κ2) is 4.94. The number of hydrogen-bond donors (Lipinski definition) is 1. The van der Waals surface area contributed by atoms with Gasteiger partial charge in [0, 0.05) is 11.8 Å². The topological polar surface area (TPSA) is 86.9 Å². The molecule has 0 aliphatic rings. The molecule has 0 aliphatic heterocycles. The molecule has 1 N–H and O–H groups in total. The second-order valence-electron chi connectivity index (χ2n) is 3.50. The highest BCUT2D eigenvalue weighted by Gasteiger charge is 2.16. The fraction of sp³-hybridized carbons (Fsp3) is 0.167. The van der Waals surface area contributed by atoms with Crippen molar-refractivity contribution in [3.05, 3.63) is 34.6 Å². The van der Waals surface area contributed by atoms with Crippen LogP contribution < -0.4 is 0 Å². The summed E-state index contributed by atoms with van der Waals surface area (Å²) in [5.74, 6) is -0.967. The maximum atomic E-state index is 11.1. The summed E-state index contributed by atoms with van der Waals surface area (Å²) < 4.78 is 0. The van der Waals surface area contributed by atoms with E-state index < -0.39 is 5.97 Å². The van der Waals surface area contributed by atoms with Gasteiger partial charge in [0.1, 0.15) is 21.6 Å². The number of aromatic carboxylic acids is 1. The zero-order chi connectivity index (χ0) is 13.1. The number of thiazole rings is 1. The van der Waals surface area contributed by atoms with E-state index in [1.807, 2.05) is 13.0 Å². The van der Waals surface area contributed by atoms with E-state index in [-0.39, 0.29) is 10.6 Å². The fourth-order valence-corrected chi connectivity index (χ4v) is 2.50. The molecule has 0 bridgehead atoms. The average molecular weight is 259 g/mol. The summed E-state index contributed by atoms with van der Waals surface area (Å²) in [7, 11) is 0. The third-order valence-corrected chi connectivity index (χ3v) is 3.48. The second-order valence-corrected chi connectivity index (χ2v) is 4.49. The lowest BCUT2D eigenvalue weighted by molar-refractivity contribution is 0.0701. The van der Waals surface area contributed by atoms with Gasteiger partial charge < -0.3 is 5.11 Å². The molecule has 0 radical (unpaired) electrons. The number of pyridine rings is 1. The van der Waals surface area contributed by atoms with Gasteiger partial charge in [0.05, 0.1) is 5.69 Å². The number of aryl methyl sites for hydroxylation is 1. The Balaban J connectivity index is 2.51. The Hall–Kier alpha value is -2.26. The monoisotopic (exact) mass is 259 g/mol. The molecular weight excluding hydrogens is 250 g/mol. The highest BCUT2D eigenvalue weighted by molar-refractivity contribution is 7.17. The number of carboxylic acid groups (broad SMARTS) is 1. The Morgan fingerprint density at radius 1 is 1.61 bits per heavy atom. The van der Waals surface area contributed by atoms with Crippen LogP contribution in [-0.4, -0.2) is 21.0 Å². The van der Waals surface area contributed by atoms with Gasteiger partial charge in [-0.1, -0.05) is 6.92 Å². The molecule has 0 saturated heterocycles. The molecule has 0 amide bonds. The van der Waals surface area contributed by atoms with Gasteiger partial charge in [-0.3, -0.25) is 0 Å². The Morgan fingerprint density at radius 2 is 2.39 bits per heavy atom. The number of nitrogens with zero attached hydrogens (tertiary/aromatic N) is 3. The molecule has 2 heterocycles. The van der Waals surface area contributed by atoms with E-state index in [1.54, 1.807) is 12.1 Å². The van der Waals surface area contributed by atoms with E-state index in [0.29, 0.717) is 22.7 Å². The third kappa shape index (κ3) is 2.21. The first-order valence-corrected chi connectivity index (χ1v) is 6.07. The Morgan fingerprint density at radius 3 is 2.94 bits per heavy atom. The smallest absolute Gasteiger partial charge is 0.347 e. The fourth-order valence-electron chi connectivity index (χ4n) is 1.51. The van der Waals surface area contributed by atoms with Gasteiger partial charge in [-0.05, 0) is 18.6 Å². The quantitative estimate of drug-likeness (QED) is 0.914. The van der Waals surface area contributed by atoms with E-state index in [2.05, 4.69) is 9.97 Å². The van der Waals surface area contributed by atoms with Gasteiger partial charge in [0.2, 0.25) is 0 Å². The van der Waals surface area contributed by atoms with E-state index in [0.717, 1.165) is 11.3 Å². The van der Waals surface area contributed by atoms with Gasteiger partial charge in [-0.2, -0.15) is 5.26 Å². The molecule has 0 aliphatic carbocycles. The van der Waals surface area contributed by atoms with Crippen LogP contribution in [0.2, 0.25) is 0 Å². The Bertz CT molecular complexity index is 643. The number of carboxylic acids is 1. The average Bonchev–Trinajstić information content (AvgIpc) is 2.83. The van der Waals surface area contributed by atoms with Crippen molar-refractivity contribution in [1.82, 2.24) is 9.97 Å². The molecule has 18 heavy (non-hydrogen) atoms. The molecule has 0 atom stereocenters. The summed E-state index contributed by atoms with van der Waals surface area (Å²) in [6.07, 6.45) is 2.08. The van der Waals surface area contributed by atoms with Gasteiger partial charge in [-0.25, -0.2) is 14.8 Å². The SMILES string of the molecule is CCc1nc(-c2ccnc(C#N)c2)sc1C(=O)O. The molecular formula is C12H9N3O2S. The highest BCUT2D eigenvalue weighted by Crippen LogP contribution is 2.28. The maximum absolute atomic E-state index is 11.1. The zero-order valence-electron chi connectivity index (χ0n) is 9.54. The van der Waals surface area contributed by atoms with Crippen LogP contribution in [0.5, 0.6) is 0 Å². The summed E-state index contributed by atoms with van der Waals surface area (Å²) in [4.78, 5) is 19.5. The van der Waals surface area contributed by atoms with Crippen LogP contribution in [0.3, 0.4) is 0 Å². The summed E-state index contributed by atoms with van der Waals surface area (Å²) in [6.45, 7) is 1.86. The largest absolute Gasteiger partial charge is 0.477 e. The third-order valence-electron chi connectivity index (χ3n) is 2.35. The number of aromatic nitrogens is 2. The lowest BCUT2D eigenvalue weighted by Gasteiger charge is -1.95. The zero-order valence-corrected chi connectivity index (χ0v) is 10.4. The van der Waals surface area contributed by atoms with Crippen molar-refractivity contribution in [1.29, 1.82) is 5.26 Å². The molecule has 5 nitrogen and oxygen atoms in total. The maximum Gasteiger partial charge on any atom is 0.347 e. The lowest BCUT2D eigenvalue weighted by atomic mass is 10.2. The normalized spacial score (nSPS) is 10.0. The minimum absolute atomic E-state index is 0.253. The van der Waals surface area contributed by atoms with Crippen LogP contribution in [0.1, 0.15) is 28.0 Å². The van der Waals surface area contributed by atoms with Crippen LogP contribution in [0, 0.1) is 11.3 Å². The van der Waals surface area contributed by atoms with Gasteiger partial charge in [-0.15, -0.1) is 11.3 Å². The van der Waals surface area contributed by atoms with Crippen LogP contribution in [0.15, 0.2) is 18.3 Å². The van der Waals surface area contributed by atoms with Crippen LogP contribution in [0.25, 0.3) is 10.6 Å². The van der Waals surface area contributed by atoms with Gasteiger partial charge in [0.25, 0.3) is 0 Å². The predicted molar refractivity (Wildman–Crippen MR) is 66.4 cm³/mol. The molecule has 90 valence electrons. The van der Waals surface area contributed by atoms with Crippen molar-refractivity contribution in [2.24, 2.45) is 0 Å². The lowest BCUT2D eigenvalue weighted by Crippen LogP contribution is -1.97. The standard InChI is InChI=1S/C12H9N3O2S/c1-2-9-10(12(16)17)18-11(15-9)7-3-4-14-8(5-7)6-13/h3-5H,2H2,1H3,(H,16,17). The van der Waals surface area contributed by atoms with Crippen molar-refractivity contribution in [2.75, 3.05) is 0 Å². The number of nitriles is 1. The molecule has 0 aromatic carbocycles. The van der Waals surface area contributed by atoms with E-state index in [1.165, 1.54) is 6.20 Å². The molecule has 0 fully saturated rings. The summed E-state index contributed by atoms with van der Waals surface area (Å²) in [5, 5.41) is 18.4. The number of rotatable bonds is 3. The van der Waals surface area contributed by atoms with E-state index in [9.17, 15) is 4.79 Å². The molecule has 2 rings (SSSR count). The van der Waals surface area contributed by atoms with Crippen molar-refractivity contribution in [3.8, 4) is 16.6 Å². The first-order valence-electron chi connectivity index (χ1n) is 5.25. The van der Waals surface area contributed by atoms with Crippen LogP contribution in [0.4, 0.5) is 0 Å². The van der Waals surface area contributed by atoms with Crippen LogP contribution in [-0.2, 0) is 6.42 Å². The molecule has 2 aromatic heterocycles. The molecule has 0 saturated carbocycles. The predicted octanol–water partition coefficient (Wildman–Crippen LogP) is 2.34. The highest BCUT2D eigenvalue weighted by atomic mass is 32.1. The van der Waals surface area contributed by atoms with Gasteiger partial charge in [0.15, 0.2) is 0 Å². The Kier molecular flexibility index (Phi) is 3.35. The summed E-state index contributed by atoms with van der Waals surface area (Å²) in [5.41, 5.74) is 1.57. The minimum Gasteiger partial charge on any atom is -0.477 e. The van der Waals surface area contributed by atoms with Crippen molar-refractivity contribution in [3.63, 3.8) is 0 Å². The van der Waals surface area contributed by atoms with E-state index >= 15 is 0 Å². The molecule has 0 spiro atoms. The Labute approximate surface area is 107 Å². The van der Waals surface area contributed by atoms with E-state index in [4.69, 9.17) is 10.4 Å². The minimum atomic E-state index is -0.967. The van der Waals surface area contributed by atoms with Crippen LogP contribution >= 0.6 is 11.3 Å².